The molecule has 2 heteroatoms. The lowest BCUT2D eigenvalue weighted by atomic mass is 10.8. The van der Waals surface area contributed by atoms with Crippen molar-refractivity contribution < 1.29 is 0 Å². The molecule has 0 radical (unpaired) electrons. The zero-order valence-electron chi connectivity index (χ0n) is 5.13. The summed E-state index contributed by atoms with van der Waals surface area (Å²) in [5.74, 6) is 0. The van der Waals surface area contributed by atoms with Gasteiger partial charge in [0.05, 0.1) is 0 Å². The van der Waals surface area contributed by atoms with Crippen LogP contribution in [0.2, 0.25) is 0 Å². The van der Waals surface area contributed by atoms with E-state index in [9.17, 15) is 0 Å². The monoisotopic (exact) mass is 146 g/mol. The maximum atomic E-state index is 2.06. The van der Waals surface area contributed by atoms with Gasteiger partial charge in [0.1, 0.15) is 0 Å². The zero-order chi connectivity index (χ0) is 6.24. The Bertz CT molecular complexity index is 72.5. The van der Waals surface area contributed by atoms with Gasteiger partial charge in [-0.1, -0.05) is 33.7 Å². The first kappa shape index (κ1) is 8.18. The predicted octanol–water partition coefficient (Wildman–Crippen LogP) is 3.44. The van der Waals surface area contributed by atoms with Crippen molar-refractivity contribution in [1.82, 2.24) is 0 Å². The molecule has 0 aromatic rings. The van der Waals surface area contributed by atoms with Crippen LogP contribution in [0.25, 0.3) is 0 Å². The Morgan fingerprint density at radius 2 is 1.25 bits per heavy atom. The van der Waals surface area contributed by atoms with Crippen LogP contribution in [-0.2, 0) is 0 Å². The van der Waals surface area contributed by atoms with Crippen LogP contribution in [0.1, 0.15) is 13.8 Å². The lowest BCUT2D eigenvalue weighted by molar-refractivity contribution is 1.79. The lowest BCUT2D eigenvalue weighted by Crippen LogP contribution is -1.38. The van der Waals surface area contributed by atoms with Crippen molar-refractivity contribution in [1.29, 1.82) is 0 Å². The van der Waals surface area contributed by atoms with Gasteiger partial charge in [0.25, 0.3) is 0 Å². The first-order valence-corrected chi connectivity index (χ1v) is 4.74. The zero-order valence-corrected chi connectivity index (χ0v) is 6.76. The fourth-order valence-electron chi connectivity index (χ4n) is 0.175. The topological polar surface area (TPSA) is 0 Å². The smallest absolute Gasteiger partial charge is 0.0221 e. The molecule has 0 saturated heterocycles. The molecular weight excluding hydrogens is 136 g/mol. The average molecular weight is 146 g/mol. The molecule has 0 fully saturated rings. The SMILES string of the molecule is CC=CSS/C=C\C. The maximum absolute atomic E-state index is 2.06. The molecule has 0 aromatic carbocycles. The Kier molecular flexibility index (Phi) is 7.34. The third-order valence-corrected chi connectivity index (χ3v) is 2.32. The van der Waals surface area contributed by atoms with Gasteiger partial charge in [0, 0.05) is 0 Å². The Morgan fingerprint density at radius 3 is 1.50 bits per heavy atom. The van der Waals surface area contributed by atoms with E-state index in [4.69, 9.17) is 0 Å². The van der Waals surface area contributed by atoms with Gasteiger partial charge in [-0.25, -0.2) is 0 Å². The van der Waals surface area contributed by atoms with Crippen LogP contribution in [0.3, 0.4) is 0 Å². The van der Waals surface area contributed by atoms with Crippen LogP contribution in [0.5, 0.6) is 0 Å². The average Bonchev–Trinajstić information content (AvgIpc) is 1.81. The van der Waals surface area contributed by atoms with Crippen molar-refractivity contribution in [3.8, 4) is 0 Å². The summed E-state index contributed by atoms with van der Waals surface area (Å²) in [4.78, 5) is 0. The van der Waals surface area contributed by atoms with Crippen LogP contribution < -0.4 is 0 Å². The van der Waals surface area contributed by atoms with Crippen LogP contribution >= 0.6 is 21.6 Å². The molecule has 0 unspecified atom stereocenters. The van der Waals surface area contributed by atoms with E-state index in [-0.39, 0.29) is 0 Å². The Hall–Kier alpha value is 0.180. The molecule has 0 aliphatic carbocycles. The fourth-order valence-corrected chi connectivity index (χ4v) is 1.58. The Morgan fingerprint density at radius 1 is 0.875 bits per heavy atom. The highest BCUT2D eigenvalue weighted by Gasteiger charge is 1.71. The van der Waals surface area contributed by atoms with Gasteiger partial charge in [-0.2, -0.15) is 0 Å². The molecule has 0 atom stereocenters. The van der Waals surface area contributed by atoms with Crippen molar-refractivity contribution in [3.63, 3.8) is 0 Å². The van der Waals surface area contributed by atoms with Crippen molar-refractivity contribution in [3.05, 3.63) is 23.0 Å². The molecule has 46 valence electrons. The molecule has 0 nitrogen and oxygen atoms in total. The van der Waals surface area contributed by atoms with Crippen LogP contribution in [0.4, 0.5) is 0 Å². The molecule has 0 aliphatic heterocycles. The molecule has 0 rings (SSSR count). The van der Waals surface area contributed by atoms with E-state index in [1.807, 2.05) is 26.0 Å². The highest BCUT2D eigenvalue weighted by Crippen LogP contribution is 2.22. The predicted molar refractivity (Wildman–Crippen MR) is 44.8 cm³/mol. The fraction of sp³-hybridized carbons (Fsp3) is 0.333. The molecule has 0 aliphatic rings. The highest BCUT2D eigenvalue weighted by atomic mass is 33.1. The largest absolute Gasteiger partial charge is 0.0805 e. The number of rotatable bonds is 3. The molecule has 0 amide bonds. The van der Waals surface area contributed by atoms with Crippen molar-refractivity contribution in [2.45, 2.75) is 13.8 Å². The van der Waals surface area contributed by atoms with E-state index in [1.54, 1.807) is 21.6 Å². The van der Waals surface area contributed by atoms with E-state index < -0.39 is 0 Å². The van der Waals surface area contributed by atoms with Gasteiger partial charge in [-0.3, -0.25) is 0 Å². The minimum atomic E-state index is 1.73. The van der Waals surface area contributed by atoms with Gasteiger partial charge in [-0.15, -0.1) is 0 Å². The van der Waals surface area contributed by atoms with E-state index >= 15 is 0 Å². The van der Waals surface area contributed by atoms with E-state index in [2.05, 4.69) is 10.8 Å². The summed E-state index contributed by atoms with van der Waals surface area (Å²) in [6.07, 6.45) is 4.06. The van der Waals surface area contributed by atoms with Gasteiger partial charge in [0.2, 0.25) is 0 Å². The van der Waals surface area contributed by atoms with Crippen LogP contribution in [-0.4, -0.2) is 0 Å². The second-order valence-corrected chi connectivity index (χ2v) is 3.22. The summed E-state index contributed by atoms with van der Waals surface area (Å²) in [7, 11) is 3.45. The minimum Gasteiger partial charge on any atom is -0.0805 e. The highest BCUT2D eigenvalue weighted by molar-refractivity contribution is 8.78. The normalized spacial score (nSPS) is 11.8. The molecule has 8 heavy (non-hydrogen) atoms. The van der Waals surface area contributed by atoms with E-state index in [0.29, 0.717) is 0 Å². The first-order chi connectivity index (χ1) is 3.91. The van der Waals surface area contributed by atoms with Gasteiger partial charge >= 0.3 is 0 Å². The minimum absolute atomic E-state index is 1.73. The summed E-state index contributed by atoms with van der Waals surface area (Å²) in [6, 6.07) is 0. The Labute approximate surface area is 58.8 Å². The van der Waals surface area contributed by atoms with Crippen LogP contribution in [0.15, 0.2) is 23.0 Å². The molecular formula is C6H10S2. The van der Waals surface area contributed by atoms with E-state index in [1.165, 1.54) is 0 Å². The Balaban J connectivity index is 2.93. The van der Waals surface area contributed by atoms with Gasteiger partial charge < -0.3 is 0 Å². The molecule has 0 heterocycles. The maximum Gasteiger partial charge on any atom is -0.0221 e. The van der Waals surface area contributed by atoms with Gasteiger partial charge in [0.15, 0.2) is 0 Å². The van der Waals surface area contributed by atoms with Crippen molar-refractivity contribution in [2.75, 3.05) is 0 Å². The van der Waals surface area contributed by atoms with E-state index in [0.717, 1.165) is 0 Å². The third-order valence-electron chi connectivity index (χ3n) is 0.439. The van der Waals surface area contributed by atoms with Crippen LogP contribution in [0, 0.1) is 0 Å². The summed E-state index contributed by atoms with van der Waals surface area (Å²) >= 11 is 0. The van der Waals surface area contributed by atoms with Crippen molar-refractivity contribution >= 4 is 21.6 Å². The quantitative estimate of drug-likeness (QED) is 0.442. The third kappa shape index (κ3) is 6.18. The lowest BCUT2D eigenvalue weighted by Gasteiger charge is -1.80. The number of hydrogen-bond donors (Lipinski definition) is 0. The molecule has 0 saturated carbocycles. The summed E-state index contributed by atoms with van der Waals surface area (Å²) < 4.78 is 0. The molecule has 0 N–H and O–H groups in total. The second kappa shape index (κ2) is 7.18. The summed E-state index contributed by atoms with van der Waals surface area (Å²) in [5, 5.41) is 4.12. The summed E-state index contributed by atoms with van der Waals surface area (Å²) in [6.45, 7) is 4.03. The second-order valence-electron chi connectivity index (χ2n) is 1.13. The molecule has 0 spiro atoms. The van der Waals surface area contributed by atoms with Gasteiger partial charge in [-0.05, 0) is 24.7 Å². The molecule has 0 bridgehead atoms. The standard InChI is InChI=1S/C6H10S2/c1-3-5-7-8-6-4-2/h3-6H,1-2H3/b5-3-,6-4?. The first-order valence-electron chi connectivity index (χ1n) is 2.46. The van der Waals surface area contributed by atoms with Crippen molar-refractivity contribution in [2.24, 2.45) is 0 Å². The summed E-state index contributed by atoms with van der Waals surface area (Å²) in [5.41, 5.74) is 0. The number of hydrogen-bond acceptors (Lipinski definition) is 2. The number of allylic oxidation sites excluding steroid dienone is 2. The molecule has 0 aromatic heterocycles.